The molecule has 0 aliphatic carbocycles. The number of hydrogen-bond acceptors (Lipinski definition) is 4. The molecule has 0 amide bonds. The average molecular weight is 301 g/mol. The van der Waals surface area contributed by atoms with Crippen LogP contribution in [0, 0.1) is 21.7 Å². The van der Waals surface area contributed by atoms with Gasteiger partial charge in [0.05, 0.1) is 23.7 Å². The Morgan fingerprint density at radius 3 is 2.65 bits per heavy atom. The predicted octanol–water partition coefficient (Wildman–Crippen LogP) is 3.60. The van der Waals surface area contributed by atoms with Gasteiger partial charge in [0.1, 0.15) is 17.3 Å². The lowest BCUT2D eigenvalue weighted by molar-refractivity contribution is -0.385. The Hall–Kier alpha value is -2.28. The third kappa shape index (κ3) is 2.39. The van der Waals surface area contributed by atoms with Gasteiger partial charge in [-0.2, -0.15) is 0 Å². The molecule has 2 aromatic rings. The molecule has 0 radical (unpaired) electrons. The van der Waals surface area contributed by atoms with E-state index in [0.29, 0.717) is 6.07 Å². The number of benzene rings is 1. The fourth-order valence-electron chi connectivity index (χ4n) is 1.66. The van der Waals surface area contributed by atoms with Crippen molar-refractivity contribution in [3.8, 4) is 17.0 Å². The van der Waals surface area contributed by atoms with Crippen molar-refractivity contribution in [2.75, 3.05) is 7.11 Å². The van der Waals surface area contributed by atoms with E-state index < -0.39 is 33.1 Å². The van der Waals surface area contributed by atoms with Gasteiger partial charge in [0, 0.05) is 0 Å². The maximum atomic E-state index is 13.9. The minimum atomic E-state index is -1.07. The van der Waals surface area contributed by atoms with Gasteiger partial charge in [0.15, 0.2) is 5.82 Å². The molecule has 104 valence electrons. The van der Waals surface area contributed by atoms with Gasteiger partial charge in [-0.3, -0.25) is 10.1 Å². The Kier molecular flexibility index (Phi) is 3.80. The van der Waals surface area contributed by atoms with Crippen LogP contribution in [-0.2, 0) is 0 Å². The summed E-state index contributed by atoms with van der Waals surface area (Å²) in [4.78, 5) is 13.3. The molecule has 1 aromatic heterocycles. The molecule has 1 heterocycles. The van der Waals surface area contributed by atoms with Crippen LogP contribution >= 0.6 is 11.6 Å². The first-order valence-corrected chi connectivity index (χ1v) is 5.66. The van der Waals surface area contributed by atoms with Crippen molar-refractivity contribution in [2.24, 2.45) is 0 Å². The van der Waals surface area contributed by atoms with Crippen LogP contribution in [0.5, 0.6) is 5.75 Å². The molecule has 0 saturated heterocycles. The molecule has 0 bridgehead atoms. The highest BCUT2D eigenvalue weighted by Crippen LogP contribution is 2.36. The topological polar surface area (TPSA) is 65.3 Å². The molecule has 0 unspecified atom stereocenters. The minimum absolute atomic E-state index is 0.0429. The predicted molar refractivity (Wildman–Crippen MR) is 67.8 cm³/mol. The highest BCUT2D eigenvalue weighted by atomic mass is 35.5. The molecule has 0 fully saturated rings. The zero-order valence-corrected chi connectivity index (χ0v) is 10.8. The molecule has 0 saturated carbocycles. The second-order valence-corrected chi connectivity index (χ2v) is 4.06. The van der Waals surface area contributed by atoms with Crippen LogP contribution in [0.3, 0.4) is 0 Å². The first kappa shape index (κ1) is 14.1. The van der Waals surface area contributed by atoms with E-state index in [2.05, 4.69) is 4.98 Å². The van der Waals surface area contributed by atoms with Crippen molar-refractivity contribution in [1.82, 2.24) is 4.98 Å². The Balaban J connectivity index is 2.71. The van der Waals surface area contributed by atoms with Gasteiger partial charge in [-0.15, -0.1) is 0 Å². The summed E-state index contributed by atoms with van der Waals surface area (Å²) < 4.78 is 32.7. The van der Waals surface area contributed by atoms with Crippen molar-refractivity contribution in [3.05, 3.63) is 51.2 Å². The zero-order valence-electron chi connectivity index (χ0n) is 10.1. The largest absolute Gasteiger partial charge is 0.496 e. The van der Waals surface area contributed by atoms with Crippen molar-refractivity contribution in [3.63, 3.8) is 0 Å². The Bertz CT molecular complexity index is 695. The first-order chi connectivity index (χ1) is 9.45. The van der Waals surface area contributed by atoms with Crippen LogP contribution < -0.4 is 4.74 Å². The van der Waals surface area contributed by atoms with Gasteiger partial charge < -0.3 is 4.74 Å². The van der Waals surface area contributed by atoms with E-state index in [9.17, 15) is 18.9 Å². The van der Waals surface area contributed by atoms with E-state index in [1.54, 1.807) is 0 Å². The second-order valence-electron chi connectivity index (χ2n) is 3.70. The number of nitro groups is 1. The summed E-state index contributed by atoms with van der Waals surface area (Å²) in [6.07, 6.45) is 0. The van der Waals surface area contributed by atoms with E-state index in [4.69, 9.17) is 16.3 Å². The van der Waals surface area contributed by atoms with Gasteiger partial charge >= 0.3 is 5.69 Å². The van der Waals surface area contributed by atoms with E-state index >= 15 is 0 Å². The Morgan fingerprint density at radius 2 is 2.05 bits per heavy atom. The summed E-state index contributed by atoms with van der Waals surface area (Å²) in [5.41, 5.74) is -1.39. The van der Waals surface area contributed by atoms with Crippen molar-refractivity contribution in [1.29, 1.82) is 0 Å². The zero-order chi connectivity index (χ0) is 14.9. The summed E-state index contributed by atoms with van der Waals surface area (Å²) in [5, 5.41) is 10.1. The van der Waals surface area contributed by atoms with Crippen molar-refractivity contribution in [2.45, 2.75) is 0 Å². The molecule has 0 aliphatic heterocycles. The van der Waals surface area contributed by atoms with E-state index in [1.807, 2.05) is 0 Å². The SMILES string of the molecule is COc1cccc(F)c1-c1nc(Cl)c([N+](=O)[O-])cc1F. The lowest BCUT2D eigenvalue weighted by Gasteiger charge is -2.10. The van der Waals surface area contributed by atoms with Crippen molar-refractivity contribution < 1.29 is 18.4 Å². The van der Waals surface area contributed by atoms with Crippen LogP contribution in [0.15, 0.2) is 24.3 Å². The van der Waals surface area contributed by atoms with E-state index in [0.717, 1.165) is 6.07 Å². The summed E-state index contributed by atoms with van der Waals surface area (Å²) in [7, 11) is 1.28. The number of methoxy groups -OCH3 is 1. The van der Waals surface area contributed by atoms with Crippen molar-refractivity contribution >= 4 is 17.3 Å². The second kappa shape index (κ2) is 5.38. The number of aromatic nitrogens is 1. The highest BCUT2D eigenvalue weighted by molar-refractivity contribution is 6.31. The maximum absolute atomic E-state index is 13.9. The average Bonchev–Trinajstić information content (AvgIpc) is 2.40. The summed E-state index contributed by atoms with van der Waals surface area (Å²) >= 11 is 5.61. The van der Waals surface area contributed by atoms with E-state index in [-0.39, 0.29) is 11.3 Å². The molecule has 0 aliphatic rings. The lowest BCUT2D eigenvalue weighted by atomic mass is 10.1. The van der Waals surface area contributed by atoms with Gasteiger partial charge in [-0.1, -0.05) is 17.7 Å². The molecule has 0 spiro atoms. The quantitative estimate of drug-likeness (QED) is 0.493. The van der Waals surface area contributed by atoms with E-state index in [1.165, 1.54) is 19.2 Å². The number of halogens is 3. The monoisotopic (exact) mass is 300 g/mol. The molecule has 5 nitrogen and oxygen atoms in total. The molecule has 0 atom stereocenters. The van der Waals surface area contributed by atoms with Crippen LogP contribution in [0.2, 0.25) is 5.15 Å². The Morgan fingerprint density at radius 1 is 1.35 bits per heavy atom. The van der Waals surface area contributed by atoms with Gasteiger partial charge in [0.2, 0.25) is 5.15 Å². The third-order valence-electron chi connectivity index (χ3n) is 2.54. The summed E-state index contributed by atoms with van der Waals surface area (Å²) in [6.45, 7) is 0. The van der Waals surface area contributed by atoms with Gasteiger partial charge in [0.25, 0.3) is 0 Å². The first-order valence-electron chi connectivity index (χ1n) is 5.29. The highest BCUT2D eigenvalue weighted by Gasteiger charge is 2.23. The number of nitrogens with zero attached hydrogens (tertiary/aromatic N) is 2. The number of pyridine rings is 1. The molecule has 8 heteroatoms. The number of rotatable bonds is 3. The van der Waals surface area contributed by atoms with Gasteiger partial charge in [-0.05, 0) is 12.1 Å². The maximum Gasteiger partial charge on any atom is 0.309 e. The summed E-state index contributed by atoms with van der Waals surface area (Å²) in [5.74, 6) is -1.80. The molecule has 2 rings (SSSR count). The van der Waals surface area contributed by atoms with Crippen LogP contribution in [0.1, 0.15) is 0 Å². The molecule has 0 N–H and O–H groups in total. The fraction of sp³-hybridized carbons (Fsp3) is 0.0833. The molecule has 20 heavy (non-hydrogen) atoms. The normalized spacial score (nSPS) is 10.4. The smallest absolute Gasteiger partial charge is 0.309 e. The number of hydrogen-bond donors (Lipinski definition) is 0. The Labute approximate surface area is 116 Å². The fourth-order valence-corrected chi connectivity index (χ4v) is 1.87. The van der Waals surface area contributed by atoms with Crippen LogP contribution in [0.25, 0.3) is 11.3 Å². The third-order valence-corrected chi connectivity index (χ3v) is 2.82. The molecular formula is C12H7ClF2N2O3. The molecular weight excluding hydrogens is 294 g/mol. The minimum Gasteiger partial charge on any atom is -0.496 e. The van der Waals surface area contributed by atoms with Crippen LogP contribution in [0.4, 0.5) is 14.5 Å². The van der Waals surface area contributed by atoms with Gasteiger partial charge in [-0.25, -0.2) is 13.8 Å². The lowest BCUT2D eigenvalue weighted by Crippen LogP contribution is -2.00. The molecule has 1 aromatic carbocycles. The number of ether oxygens (including phenoxy) is 1. The van der Waals surface area contributed by atoms with Crippen LogP contribution in [-0.4, -0.2) is 17.0 Å². The standard InChI is InChI=1S/C12H7ClF2N2O3/c1-20-9-4-2-3-6(14)10(9)11-7(15)5-8(17(18)19)12(13)16-11/h2-5H,1H3. The summed E-state index contributed by atoms with van der Waals surface area (Å²) in [6, 6.07) is 4.47.